The minimum absolute atomic E-state index is 0.431. The van der Waals surface area contributed by atoms with E-state index in [1.807, 2.05) is 19.1 Å². The standard InChI is InChI=1S/C16H23NO2/c1-3-13-5-4-9-17(10-8-13)15-11-12(2)6-7-14(15)16(18)19/h6-7,11,13H,3-5,8-10H2,1-2H3,(H,18,19). The van der Waals surface area contributed by atoms with Crippen molar-refractivity contribution in [2.45, 2.75) is 39.5 Å². The molecule has 3 heteroatoms. The second-order valence-electron chi connectivity index (χ2n) is 5.52. The van der Waals surface area contributed by atoms with Gasteiger partial charge >= 0.3 is 5.97 Å². The molecule has 0 aliphatic carbocycles. The molecule has 1 aromatic rings. The summed E-state index contributed by atoms with van der Waals surface area (Å²) in [4.78, 5) is 13.6. The van der Waals surface area contributed by atoms with Gasteiger partial charge in [-0.05, 0) is 49.8 Å². The first-order valence-corrected chi connectivity index (χ1v) is 7.20. The molecule has 2 rings (SSSR count). The van der Waals surface area contributed by atoms with Gasteiger partial charge in [-0.15, -0.1) is 0 Å². The third-order valence-corrected chi connectivity index (χ3v) is 4.15. The van der Waals surface area contributed by atoms with Crippen LogP contribution >= 0.6 is 0 Å². The first-order chi connectivity index (χ1) is 9.11. The summed E-state index contributed by atoms with van der Waals surface area (Å²) in [6, 6.07) is 5.62. The molecule has 19 heavy (non-hydrogen) atoms. The molecule has 1 saturated heterocycles. The molecule has 1 aromatic carbocycles. The summed E-state index contributed by atoms with van der Waals surface area (Å²) in [7, 11) is 0. The van der Waals surface area contributed by atoms with Crippen LogP contribution in [0, 0.1) is 12.8 Å². The van der Waals surface area contributed by atoms with E-state index in [-0.39, 0.29) is 0 Å². The Labute approximate surface area is 115 Å². The first kappa shape index (κ1) is 13.9. The Hall–Kier alpha value is -1.51. The molecular weight excluding hydrogens is 238 g/mol. The van der Waals surface area contributed by atoms with Gasteiger partial charge in [0.25, 0.3) is 0 Å². The highest BCUT2D eigenvalue weighted by molar-refractivity contribution is 5.94. The van der Waals surface area contributed by atoms with Gasteiger partial charge in [-0.25, -0.2) is 4.79 Å². The zero-order valence-corrected chi connectivity index (χ0v) is 11.9. The molecule has 0 bridgehead atoms. The zero-order chi connectivity index (χ0) is 13.8. The summed E-state index contributed by atoms with van der Waals surface area (Å²) in [6.45, 7) is 6.21. The molecule has 1 aliphatic rings. The van der Waals surface area contributed by atoms with E-state index in [1.165, 1.54) is 19.3 Å². The number of nitrogens with zero attached hydrogens (tertiary/aromatic N) is 1. The van der Waals surface area contributed by atoms with Crippen molar-refractivity contribution >= 4 is 11.7 Å². The molecule has 0 saturated carbocycles. The smallest absolute Gasteiger partial charge is 0.337 e. The Kier molecular flexibility index (Phi) is 4.46. The SMILES string of the molecule is CCC1CCCN(c2cc(C)ccc2C(=O)O)CC1. The van der Waals surface area contributed by atoms with Crippen LogP contribution in [-0.4, -0.2) is 24.2 Å². The summed E-state index contributed by atoms with van der Waals surface area (Å²) in [5, 5.41) is 9.33. The monoisotopic (exact) mass is 261 g/mol. The maximum Gasteiger partial charge on any atom is 0.337 e. The van der Waals surface area contributed by atoms with Crippen LogP contribution in [0.15, 0.2) is 18.2 Å². The number of hydrogen-bond acceptors (Lipinski definition) is 2. The van der Waals surface area contributed by atoms with Crippen LogP contribution in [0.25, 0.3) is 0 Å². The maximum atomic E-state index is 11.4. The lowest BCUT2D eigenvalue weighted by Gasteiger charge is -2.25. The molecule has 3 nitrogen and oxygen atoms in total. The van der Waals surface area contributed by atoms with Gasteiger partial charge in [-0.1, -0.05) is 19.4 Å². The third kappa shape index (κ3) is 3.28. The van der Waals surface area contributed by atoms with Crippen molar-refractivity contribution < 1.29 is 9.90 Å². The van der Waals surface area contributed by atoms with Gasteiger partial charge in [0.1, 0.15) is 0 Å². The normalized spacial score (nSPS) is 20.1. The minimum Gasteiger partial charge on any atom is -0.478 e. The lowest BCUT2D eigenvalue weighted by molar-refractivity contribution is 0.0697. The molecule has 0 aromatic heterocycles. The Balaban J connectivity index is 2.25. The van der Waals surface area contributed by atoms with Crippen molar-refractivity contribution in [3.8, 4) is 0 Å². The fraction of sp³-hybridized carbons (Fsp3) is 0.562. The first-order valence-electron chi connectivity index (χ1n) is 7.20. The molecule has 1 aliphatic heterocycles. The van der Waals surface area contributed by atoms with Crippen LogP contribution in [0.2, 0.25) is 0 Å². The molecule has 0 amide bonds. The lowest BCUT2D eigenvalue weighted by Crippen LogP contribution is -2.26. The van der Waals surface area contributed by atoms with E-state index in [1.54, 1.807) is 6.07 Å². The molecule has 1 N–H and O–H groups in total. The van der Waals surface area contributed by atoms with Crippen molar-refractivity contribution in [3.05, 3.63) is 29.3 Å². The number of carboxylic acids is 1. The summed E-state index contributed by atoms with van der Waals surface area (Å²) in [5.41, 5.74) is 2.45. The number of aryl methyl sites for hydroxylation is 1. The van der Waals surface area contributed by atoms with E-state index in [9.17, 15) is 9.90 Å². The summed E-state index contributed by atoms with van der Waals surface area (Å²) < 4.78 is 0. The highest BCUT2D eigenvalue weighted by Crippen LogP contribution is 2.28. The van der Waals surface area contributed by atoms with E-state index < -0.39 is 5.97 Å². The molecule has 1 atom stereocenters. The highest BCUT2D eigenvalue weighted by atomic mass is 16.4. The van der Waals surface area contributed by atoms with E-state index >= 15 is 0 Å². The predicted octanol–water partition coefficient (Wildman–Crippen LogP) is 3.71. The predicted molar refractivity (Wildman–Crippen MR) is 78.0 cm³/mol. The van der Waals surface area contributed by atoms with Crippen LogP contribution in [0.5, 0.6) is 0 Å². The van der Waals surface area contributed by atoms with Crippen LogP contribution in [0.3, 0.4) is 0 Å². The quantitative estimate of drug-likeness (QED) is 0.901. The van der Waals surface area contributed by atoms with Crippen LogP contribution < -0.4 is 4.90 Å². The van der Waals surface area contributed by atoms with Crippen LogP contribution in [0.4, 0.5) is 5.69 Å². The van der Waals surface area contributed by atoms with E-state index in [2.05, 4.69) is 11.8 Å². The molecule has 1 unspecified atom stereocenters. The molecule has 0 radical (unpaired) electrons. The average Bonchev–Trinajstić information content (AvgIpc) is 2.63. The van der Waals surface area contributed by atoms with Gasteiger partial charge in [0, 0.05) is 13.1 Å². The Morgan fingerprint density at radius 3 is 2.84 bits per heavy atom. The van der Waals surface area contributed by atoms with E-state index in [0.29, 0.717) is 5.56 Å². The number of rotatable bonds is 3. The van der Waals surface area contributed by atoms with Gasteiger partial charge in [-0.2, -0.15) is 0 Å². The van der Waals surface area contributed by atoms with Gasteiger partial charge in [0.2, 0.25) is 0 Å². The summed E-state index contributed by atoms with van der Waals surface area (Å²) in [6.07, 6.45) is 4.82. The molecule has 0 spiro atoms. The van der Waals surface area contributed by atoms with E-state index in [0.717, 1.165) is 36.7 Å². The Morgan fingerprint density at radius 1 is 1.37 bits per heavy atom. The number of benzene rings is 1. The third-order valence-electron chi connectivity index (χ3n) is 4.15. The van der Waals surface area contributed by atoms with Crippen LogP contribution in [-0.2, 0) is 0 Å². The number of aromatic carboxylic acids is 1. The maximum absolute atomic E-state index is 11.4. The fourth-order valence-electron chi connectivity index (χ4n) is 2.90. The van der Waals surface area contributed by atoms with Gasteiger partial charge in [0.05, 0.1) is 11.3 Å². The van der Waals surface area contributed by atoms with Crippen LogP contribution in [0.1, 0.15) is 48.5 Å². The largest absolute Gasteiger partial charge is 0.478 e. The fourth-order valence-corrected chi connectivity index (χ4v) is 2.90. The molecular formula is C16H23NO2. The number of anilines is 1. The highest BCUT2D eigenvalue weighted by Gasteiger charge is 2.20. The average molecular weight is 261 g/mol. The molecule has 1 heterocycles. The number of carboxylic acid groups (broad SMARTS) is 1. The van der Waals surface area contributed by atoms with E-state index in [4.69, 9.17) is 0 Å². The Morgan fingerprint density at radius 2 is 2.16 bits per heavy atom. The number of carbonyl (C=O) groups is 1. The summed E-state index contributed by atoms with van der Waals surface area (Å²) in [5.74, 6) is -0.0330. The van der Waals surface area contributed by atoms with Crippen molar-refractivity contribution in [2.24, 2.45) is 5.92 Å². The summed E-state index contributed by atoms with van der Waals surface area (Å²) >= 11 is 0. The van der Waals surface area contributed by atoms with Gasteiger partial charge < -0.3 is 10.0 Å². The van der Waals surface area contributed by atoms with Crippen molar-refractivity contribution in [1.82, 2.24) is 0 Å². The lowest BCUT2D eigenvalue weighted by atomic mass is 9.98. The Bertz CT molecular complexity index is 456. The van der Waals surface area contributed by atoms with Crippen molar-refractivity contribution in [1.29, 1.82) is 0 Å². The zero-order valence-electron chi connectivity index (χ0n) is 11.9. The second-order valence-corrected chi connectivity index (χ2v) is 5.52. The van der Waals surface area contributed by atoms with Gasteiger partial charge in [-0.3, -0.25) is 0 Å². The van der Waals surface area contributed by atoms with Crippen molar-refractivity contribution in [3.63, 3.8) is 0 Å². The second kappa shape index (κ2) is 6.09. The minimum atomic E-state index is -0.828. The topological polar surface area (TPSA) is 40.5 Å². The van der Waals surface area contributed by atoms with Crippen molar-refractivity contribution in [2.75, 3.05) is 18.0 Å². The molecule has 1 fully saturated rings. The molecule has 104 valence electrons. The number of hydrogen-bond donors (Lipinski definition) is 1. The van der Waals surface area contributed by atoms with Gasteiger partial charge in [0.15, 0.2) is 0 Å².